The molecule has 1 aromatic carbocycles. The second kappa shape index (κ2) is 9.87. The highest BCUT2D eigenvalue weighted by molar-refractivity contribution is 14.0. The zero-order valence-corrected chi connectivity index (χ0v) is 16.8. The number of aromatic nitrogens is 3. The highest BCUT2D eigenvalue weighted by Crippen LogP contribution is 2.25. The van der Waals surface area contributed by atoms with Crippen molar-refractivity contribution in [2.45, 2.75) is 24.6 Å². The summed E-state index contributed by atoms with van der Waals surface area (Å²) >= 11 is 2.05. The Balaban J connectivity index is 0.00000208. The van der Waals surface area contributed by atoms with E-state index in [0.717, 1.165) is 30.4 Å². The second-order valence-corrected chi connectivity index (χ2v) is 6.88. The maximum atomic E-state index is 4.29. The van der Waals surface area contributed by atoms with Crippen LogP contribution in [0.5, 0.6) is 0 Å². The summed E-state index contributed by atoms with van der Waals surface area (Å²) in [7, 11) is 1.81. The van der Waals surface area contributed by atoms with Crippen LogP contribution in [0.2, 0.25) is 0 Å². The first-order chi connectivity index (χ1) is 11.3. The first-order valence-corrected chi connectivity index (χ1v) is 8.91. The summed E-state index contributed by atoms with van der Waals surface area (Å²) in [4.78, 5) is 8.48. The molecular formula is C16H23IN6S. The Hall–Kier alpha value is -1.29. The van der Waals surface area contributed by atoms with Gasteiger partial charge in [0.2, 0.25) is 0 Å². The van der Waals surface area contributed by atoms with Gasteiger partial charge in [0, 0.05) is 31.0 Å². The number of guanidine groups is 1. The van der Waals surface area contributed by atoms with Crippen molar-refractivity contribution in [3.8, 4) is 11.4 Å². The number of hydrogen-bond donors (Lipinski definition) is 3. The molecule has 0 saturated carbocycles. The summed E-state index contributed by atoms with van der Waals surface area (Å²) in [6.45, 7) is 1.70. The zero-order chi connectivity index (χ0) is 15.9. The maximum Gasteiger partial charge on any atom is 0.191 e. The fourth-order valence-electron chi connectivity index (χ4n) is 2.60. The molecule has 0 amide bonds. The van der Waals surface area contributed by atoms with E-state index in [1.165, 1.54) is 30.5 Å². The Labute approximate surface area is 163 Å². The van der Waals surface area contributed by atoms with E-state index in [1.54, 1.807) is 0 Å². The van der Waals surface area contributed by atoms with E-state index in [2.05, 4.69) is 42.9 Å². The molecule has 24 heavy (non-hydrogen) atoms. The number of aliphatic imine (C=N–C) groups is 1. The van der Waals surface area contributed by atoms with E-state index in [1.807, 2.05) is 30.9 Å². The number of rotatable bonds is 5. The second-order valence-electron chi connectivity index (χ2n) is 5.48. The van der Waals surface area contributed by atoms with Crippen molar-refractivity contribution in [3.63, 3.8) is 0 Å². The quantitative estimate of drug-likeness (QED) is 0.365. The van der Waals surface area contributed by atoms with Crippen LogP contribution in [0.25, 0.3) is 11.4 Å². The van der Waals surface area contributed by atoms with Crippen LogP contribution in [0.15, 0.2) is 35.6 Å². The van der Waals surface area contributed by atoms with E-state index in [-0.39, 0.29) is 24.0 Å². The van der Waals surface area contributed by atoms with Crippen LogP contribution in [0.4, 0.5) is 0 Å². The molecule has 8 heteroatoms. The molecule has 0 spiro atoms. The SMILES string of the molecule is CN=C(NCc1cccc(-c2ncn[nH]2)c1)NCC1CCCS1.I. The molecule has 0 radical (unpaired) electrons. The molecule has 3 rings (SSSR count). The number of H-pyrrole nitrogens is 1. The van der Waals surface area contributed by atoms with Gasteiger partial charge in [-0.05, 0) is 30.2 Å². The molecule has 3 N–H and O–H groups in total. The average molecular weight is 458 g/mol. The van der Waals surface area contributed by atoms with Crippen LogP contribution in [0.3, 0.4) is 0 Å². The standard InChI is InChI=1S/C16H22N6S.HI/c1-17-16(19-10-14-6-3-7-23-14)18-9-12-4-2-5-13(8-12)15-20-11-21-22-15;/h2,4-5,8,11,14H,3,6-7,9-10H2,1H3,(H2,17,18,19)(H,20,21,22);1H. The normalized spacial score (nSPS) is 17.4. The number of nitrogens with one attached hydrogen (secondary N) is 3. The molecule has 0 aliphatic carbocycles. The first-order valence-electron chi connectivity index (χ1n) is 7.86. The molecule has 2 aromatic rings. The van der Waals surface area contributed by atoms with Crippen molar-refractivity contribution in [2.75, 3.05) is 19.3 Å². The highest BCUT2D eigenvalue weighted by atomic mass is 127. The van der Waals surface area contributed by atoms with Crippen LogP contribution >= 0.6 is 35.7 Å². The fraction of sp³-hybridized carbons (Fsp3) is 0.438. The Morgan fingerprint density at radius 2 is 2.33 bits per heavy atom. The van der Waals surface area contributed by atoms with Gasteiger partial charge in [-0.1, -0.05) is 18.2 Å². The Morgan fingerprint density at radius 1 is 1.42 bits per heavy atom. The monoisotopic (exact) mass is 458 g/mol. The average Bonchev–Trinajstić information content (AvgIpc) is 3.29. The van der Waals surface area contributed by atoms with Crippen molar-refractivity contribution in [2.24, 2.45) is 4.99 Å². The molecule has 0 bridgehead atoms. The molecule has 1 aliphatic rings. The molecule has 1 unspecified atom stereocenters. The van der Waals surface area contributed by atoms with Gasteiger partial charge in [-0.15, -0.1) is 24.0 Å². The maximum absolute atomic E-state index is 4.29. The zero-order valence-electron chi connectivity index (χ0n) is 13.7. The third-order valence-corrected chi connectivity index (χ3v) is 5.22. The third kappa shape index (κ3) is 5.37. The lowest BCUT2D eigenvalue weighted by molar-refractivity contribution is 0.726. The number of thioether (sulfide) groups is 1. The minimum Gasteiger partial charge on any atom is -0.355 e. The van der Waals surface area contributed by atoms with Gasteiger partial charge in [-0.25, -0.2) is 4.98 Å². The molecule has 2 heterocycles. The minimum absolute atomic E-state index is 0. The number of halogens is 1. The van der Waals surface area contributed by atoms with Gasteiger partial charge >= 0.3 is 0 Å². The van der Waals surface area contributed by atoms with E-state index >= 15 is 0 Å². The summed E-state index contributed by atoms with van der Waals surface area (Å²) < 4.78 is 0. The van der Waals surface area contributed by atoms with Crippen LogP contribution in [-0.2, 0) is 6.54 Å². The predicted molar refractivity (Wildman–Crippen MR) is 111 cm³/mol. The van der Waals surface area contributed by atoms with E-state index in [9.17, 15) is 0 Å². The van der Waals surface area contributed by atoms with Gasteiger partial charge < -0.3 is 10.6 Å². The molecule has 1 aliphatic heterocycles. The molecule has 6 nitrogen and oxygen atoms in total. The first kappa shape index (κ1) is 19.0. The van der Waals surface area contributed by atoms with Crippen molar-refractivity contribution in [1.29, 1.82) is 0 Å². The van der Waals surface area contributed by atoms with Crippen molar-refractivity contribution < 1.29 is 0 Å². The van der Waals surface area contributed by atoms with Gasteiger partial charge in [0.05, 0.1) is 0 Å². The van der Waals surface area contributed by atoms with E-state index in [4.69, 9.17) is 0 Å². The Kier molecular flexibility index (Phi) is 7.83. The smallest absolute Gasteiger partial charge is 0.191 e. The van der Waals surface area contributed by atoms with Crippen LogP contribution < -0.4 is 10.6 Å². The van der Waals surface area contributed by atoms with Crippen LogP contribution in [0.1, 0.15) is 18.4 Å². The summed E-state index contributed by atoms with van der Waals surface area (Å²) in [6.07, 6.45) is 4.15. The largest absolute Gasteiger partial charge is 0.355 e. The molecule has 1 aromatic heterocycles. The molecule has 1 atom stereocenters. The fourth-order valence-corrected chi connectivity index (χ4v) is 3.80. The summed E-state index contributed by atoms with van der Waals surface area (Å²) in [5.74, 6) is 2.92. The lowest BCUT2D eigenvalue weighted by Gasteiger charge is -2.15. The van der Waals surface area contributed by atoms with Crippen molar-refractivity contribution in [3.05, 3.63) is 36.2 Å². The van der Waals surface area contributed by atoms with Gasteiger partial charge in [0.1, 0.15) is 6.33 Å². The number of benzene rings is 1. The van der Waals surface area contributed by atoms with Gasteiger partial charge in [-0.2, -0.15) is 16.9 Å². The summed E-state index contributed by atoms with van der Waals surface area (Å²) in [5.41, 5.74) is 2.21. The third-order valence-electron chi connectivity index (χ3n) is 3.82. The van der Waals surface area contributed by atoms with Crippen molar-refractivity contribution >= 4 is 41.7 Å². The molecular weight excluding hydrogens is 435 g/mol. The van der Waals surface area contributed by atoms with Gasteiger partial charge in [0.25, 0.3) is 0 Å². The highest BCUT2D eigenvalue weighted by Gasteiger charge is 2.15. The summed E-state index contributed by atoms with van der Waals surface area (Å²) in [6, 6.07) is 8.25. The van der Waals surface area contributed by atoms with E-state index < -0.39 is 0 Å². The van der Waals surface area contributed by atoms with Crippen molar-refractivity contribution in [1.82, 2.24) is 25.8 Å². The minimum atomic E-state index is 0. The van der Waals surface area contributed by atoms with Gasteiger partial charge in [0.15, 0.2) is 11.8 Å². The Bertz CT molecular complexity index is 640. The predicted octanol–water partition coefficient (Wildman–Crippen LogP) is 2.65. The molecule has 1 saturated heterocycles. The van der Waals surface area contributed by atoms with E-state index in [0.29, 0.717) is 5.25 Å². The lowest BCUT2D eigenvalue weighted by atomic mass is 10.1. The van der Waals surface area contributed by atoms with Crippen LogP contribution in [0, 0.1) is 0 Å². The summed E-state index contributed by atoms with van der Waals surface area (Å²) in [5, 5.41) is 14.3. The number of nitrogens with zero attached hydrogens (tertiary/aromatic N) is 3. The topological polar surface area (TPSA) is 78.0 Å². The van der Waals surface area contributed by atoms with Crippen LogP contribution in [-0.4, -0.2) is 45.7 Å². The number of aromatic amines is 1. The van der Waals surface area contributed by atoms with Gasteiger partial charge in [-0.3, -0.25) is 10.1 Å². The molecule has 130 valence electrons. The number of hydrogen-bond acceptors (Lipinski definition) is 4. The molecule has 1 fully saturated rings. The lowest BCUT2D eigenvalue weighted by Crippen LogP contribution is -2.39. The Morgan fingerprint density at radius 3 is 3.04 bits per heavy atom.